The molecule has 0 bridgehead atoms. The Balaban J connectivity index is 3.00. The average Bonchev–Trinajstić information content (AvgIpc) is 2.18. The predicted octanol–water partition coefficient (Wildman–Crippen LogP) is 1.43. The lowest BCUT2D eigenvalue weighted by atomic mass is 9.98. The van der Waals surface area contributed by atoms with Crippen LogP contribution in [0.1, 0.15) is 12.5 Å². The third-order valence-corrected chi connectivity index (χ3v) is 1.87. The van der Waals surface area contributed by atoms with Crippen LogP contribution in [-0.2, 0) is 5.60 Å². The minimum absolute atomic E-state index is 0.566. The van der Waals surface area contributed by atoms with Crippen LogP contribution in [0.2, 0.25) is 0 Å². The molecule has 0 saturated heterocycles. The molecule has 0 heterocycles. The van der Waals surface area contributed by atoms with Crippen LogP contribution in [0.3, 0.4) is 0 Å². The lowest BCUT2D eigenvalue weighted by Crippen LogP contribution is -2.17. The first-order valence-corrected chi connectivity index (χ1v) is 3.88. The summed E-state index contributed by atoms with van der Waals surface area (Å²) < 4.78 is 4.95. The van der Waals surface area contributed by atoms with Crippen molar-refractivity contribution in [2.24, 2.45) is 0 Å². The van der Waals surface area contributed by atoms with Crippen molar-refractivity contribution in [2.75, 3.05) is 7.11 Å². The van der Waals surface area contributed by atoms with Crippen LogP contribution >= 0.6 is 0 Å². The number of benzene rings is 1. The van der Waals surface area contributed by atoms with Gasteiger partial charge in [-0.3, -0.25) is 0 Å². The van der Waals surface area contributed by atoms with Gasteiger partial charge in [0.05, 0.1) is 7.11 Å². The Morgan fingerprint density at radius 3 is 2.31 bits per heavy atom. The second kappa shape index (κ2) is 3.46. The Morgan fingerprint density at radius 1 is 1.38 bits per heavy atom. The van der Waals surface area contributed by atoms with Crippen molar-refractivity contribution in [1.29, 1.82) is 5.26 Å². The van der Waals surface area contributed by atoms with E-state index < -0.39 is 5.60 Å². The fourth-order valence-corrected chi connectivity index (χ4v) is 0.980. The minimum atomic E-state index is -1.42. The van der Waals surface area contributed by atoms with E-state index in [2.05, 4.69) is 0 Å². The van der Waals surface area contributed by atoms with E-state index in [1.807, 2.05) is 6.07 Å². The molecular weight excluding hydrogens is 166 g/mol. The van der Waals surface area contributed by atoms with E-state index in [1.165, 1.54) is 6.92 Å². The highest BCUT2D eigenvalue weighted by Crippen LogP contribution is 2.21. The fourth-order valence-electron chi connectivity index (χ4n) is 0.980. The molecule has 1 aromatic carbocycles. The largest absolute Gasteiger partial charge is 0.497 e. The Bertz CT molecular complexity index is 322. The van der Waals surface area contributed by atoms with Gasteiger partial charge in [-0.1, -0.05) is 12.1 Å². The molecule has 3 nitrogen and oxygen atoms in total. The van der Waals surface area contributed by atoms with Crippen molar-refractivity contribution in [3.63, 3.8) is 0 Å². The Labute approximate surface area is 77.2 Å². The summed E-state index contributed by atoms with van der Waals surface area (Å²) in [6, 6.07) is 8.57. The number of hydrogen-bond acceptors (Lipinski definition) is 3. The Morgan fingerprint density at radius 2 is 1.92 bits per heavy atom. The van der Waals surface area contributed by atoms with Gasteiger partial charge in [-0.2, -0.15) is 5.26 Å². The second-order valence-corrected chi connectivity index (χ2v) is 2.91. The van der Waals surface area contributed by atoms with Crippen LogP contribution in [0.4, 0.5) is 0 Å². The van der Waals surface area contributed by atoms with Gasteiger partial charge in [0.25, 0.3) is 0 Å². The molecule has 1 atom stereocenters. The normalized spacial score (nSPS) is 14.3. The molecule has 0 aliphatic carbocycles. The van der Waals surface area contributed by atoms with Crippen LogP contribution in [-0.4, -0.2) is 12.2 Å². The van der Waals surface area contributed by atoms with Crippen LogP contribution in [0.5, 0.6) is 5.75 Å². The van der Waals surface area contributed by atoms with E-state index >= 15 is 0 Å². The molecule has 0 saturated carbocycles. The molecule has 3 heteroatoms. The molecule has 13 heavy (non-hydrogen) atoms. The zero-order valence-electron chi connectivity index (χ0n) is 7.61. The quantitative estimate of drug-likeness (QED) is 0.695. The molecule has 0 aromatic heterocycles. The first-order valence-electron chi connectivity index (χ1n) is 3.88. The average molecular weight is 177 g/mol. The number of aliphatic hydroxyl groups is 1. The zero-order valence-corrected chi connectivity index (χ0v) is 7.61. The van der Waals surface area contributed by atoms with E-state index in [-0.39, 0.29) is 0 Å². The molecule has 0 aliphatic heterocycles. The van der Waals surface area contributed by atoms with Gasteiger partial charge in [0, 0.05) is 0 Å². The summed E-state index contributed by atoms with van der Waals surface area (Å²) in [6.45, 7) is 1.45. The van der Waals surface area contributed by atoms with Gasteiger partial charge in [-0.15, -0.1) is 0 Å². The number of ether oxygens (including phenoxy) is 1. The van der Waals surface area contributed by atoms with Gasteiger partial charge >= 0.3 is 0 Å². The number of nitriles is 1. The van der Waals surface area contributed by atoms with Crippen molar-refractivity contribution in [3.8, 4) is 11.8 Å². The monoisotopic (exact) mass is 177 g/mol. The minimum Gasteiger partial charge on any atom is -0.497 e. The van der Waals surface area contributed by atoms with E-state index in [0.717, 1.165) is 0 Å². The van der Waals surface area contributed by atoms with Gasteiger partial charge in [0.2, 0.25) is 0 Å². The highest BCUT2D eigenvalue weighted by Gasteiger charge is 2.21. The van der Waals surface area contributed by atoms with E-state index in [9.17, 15) is 5.11 Å². The number of rotatable bonds is 2. The van der Waals surface area contributed by atoms with E-state index in [4.69, 9.17) is 10.00 Å². The number of methoxy groups -OCH3 is 1. The number of nitrogens with zero attached hydrogens (tertiary/aromatic N) is 1. The second-order valence-electron chi connectivity index (χ2n) is 2.91. The molecule has 0 spiro atoms. The van der Waals surface area contributed by atoms with Crippen molar-refractivity contribution in [1.82, 2.24) is 0 Å². The summed E-state index contributed by atoms with van der Waals surface area (Å²) in [5.74, 6) is 0.706. The maximum Gasteiger partial charge on any atom is 0.173 e. The number of hydrogen-bond donors (Lipinski definition) is 1. The van der Waals surface area contributed by atoms with Crippen LogP contribution in [0, 0.1) is 11.3 Å². The van der Waals surface area contributed by atoms with E-state index in [0.29, 0.717) is 11.3 Å². The van der Waals surface area contributed by atoms with Gasteiger partial charge in [-0.25, -0.2) is 0 Å². The Kier molecular flexibility index (Phi) is 2.54. The van der Waals surface area contributed by atoms with Gasteiger partial charge in [0.15, 0.2) is 5.60 Å². The molecule has 0 aliphatic rings. The molecule has 68 valence electrons. The molecule has 1 N–H and O–H groups in total. The molecule has 1 rings (SSSR count). The lowest BCUT2D eigenvalue weighted by Gasteiger charge is -2.14. The molecule has 1 unspecified atom stereocenters. The summed E-state index contributed by atoms with van der Waals surface area (Å²) in [6.07, 6.45) is 0. The van der Waals surface area contributed by atoms with Gasteiger partial charge in [-0.05, 0) is 24.6 Å². The first kappa shape index (κ1) is 9.56. The third kappa shape index (κ3) is 1.98. The summed E-state index contributed by atoms with van der Waals surface area (Å²) in [4.78, 5) is 0. The first-order chi connectivity index (χ1) is 6.10. The summed E-state index contributed by atoms with van der Waals surface area (Å²) >= 11 is 0. The van der Waals surface area contributed by atoms with Crippen molar-refractivity contribution >= 4 is 0 Å². The maximum absolute atomic E-state index is 9.56. The van der Waals surface area contributed by atoms with Crippen molar-refractivity contribution in [3.05, 3.63) is 29.8 Å². The fraction of sp³-hybridized carbons (Fsp3) is 0.300. The van der Waals surface area contributed by atoms with Crippen molar-refractivity contribution in [2.45, 2.75) is 12.5 Å². The van der Waals surface area contributed by atoms with Crippen LogP contribution < -0.4 is 4.74 Å². The summed E-state index contributed by atoms with van der Waals surface area (Å²) in [5, 5.41) is 18.2. The highest BCUT2D eigenvalue weighted by molar-refractivity contribution is 5.33. The molecule has 0 fully saturated rings. The van der Waals surface area contributed by atoms with Gasteiger partial charge in [0.1, 0.15) is 11.8 Å². The van der Waals surface area contributed by atoms with Crippen LogP contribution in [0.15, 0.2) is 24.3 Å². The topological polar surface area (TPSA) is 53.2 Å². The SMILES string of the molecule is COc1ccc(C(C)(O)C#N)cc1. The summed E-state index contributed by atoms with van der Waals surface area (Å²) in [5.41, 5.74) is -0.859. The zero-order chi connectivity index (χ0) is 9.90. The summed E-state index contributed by atoms with van der Waals surface area (Å²) in [7, 11) is 1.57. The molecular formula is C10H11NO2. The van der Waals surface area contributed by atoms with Crippen molar-refractivity contribution < 1.29 is 9.84 Å². The highest BCUT2D eigenvalue weighted by atomic mass is 16.5. The Hall–Kier alpha value is -1.53. The molecule has 1 aromatic rings. The predicted molar refractivity (Wildman–Crippen MR) is 48.2 cm³/mol. The third-order valence-electron chi connectivity index (χ3n) is 1.87. The van der Waals surface area contributed by atoms with E-state index in [1.54, 1.807) is 31.4 Å². The smallest absolute Gasteiger partial charge is 0.173 e. The molecule has 0 amide bonds. The maximum atomic E-state index is 9.56. The molecule has 0 radical (unpaired) electrons. The van der Waals surface area contributed by atoms with Crippen LogP contribution in [0.25, 0.3) is 0 Å². The standard InChI is InChI=1S/C10H11NO2/c1-10(12,7-11)8-3-5-9(13-2)6-4-8/h3-6,12H,1-2H3. The lowest BCUT2D eigenvalue weighted by molar-refractivity contribution is 0.119. The van der Waals surface area contributed by atoms with Gasteiger partial charge < -0.3 is 9.84 Å².